The van der Waals surface area contributed by atoms with Crippen molar-refractivity contribution in [3.8, 4) is 0 Å². The molecule has 0 bridgehead atoms. The highest BCUT2D eigenvalue weighted by Gasteiger charge is 2.73. The van der Waals surface area contributed by atoms with Gasteiger partial charge in [-0.05, 0) is 143 Å². The number of quaternary nitrogens is 1. The van der Waals surface area contributed by atoms with Crippen LogP contribution in [-0.4, -0.2) is 85.2 Å². The van der Waals surface area contributed by atoms with Gasteiger partial charge in [-0.3, -0.25) is 10.5 Å². The Morgan fingerprint density at radius 1 is 0.906 bits per heavy atom. The van der Waals surface area contributed by atoms with E-state index >= 15 is 0 Å². The first-order chi connectivity index (χ1) is 25.2. The third-order valence-corrected chi connectivity index (χ3v) is 18.1. The molecule has 0 amide bonds. The third kappa shape index (κ3) is 6.01. The van der Waals surface area contributed by atoms with Crippen LogP contribution in [0.3, 0.4) is 0 Å². The standard InChI is InChI=1S/C44H72N2O7/c1-4-7-26-9-12-28-29-8-5-6-18-44(52,39(29)53-36(28)13-10-26)41(3,50)37-17-21-43(51)31-22-33(47)32-23-34(48)35(49)24-42(32,30(31)16-19-40(37,43)2)20-15-27-11-14-38(45)46-25-27/h22,26-30,32,34-39,46,48-52H,4-21,23-25,45H2,1-3H3/p+1. The van der Waals surface area contributed by atoms with E-state index in [0.717, 1.165) is 82.2 Å². The molecule has 53 heavy (non-hydrogen) atoms. The molecular formula is C44H73N2O7+. The number of ether oxygens (including phenoxy) is 1. The van der Waals surface area contributed by atoms with Crippen molar-refractivity contribution >= 4 is 5.78 Å². The Bertz CT molecular complexity index is 1400. The average molecular weight is 742 g/mol. The van der Waals surface area contributed by atoms with E-state index in [-0.39, 0.29) is 42.2 Å². The molecule has 9 N–H and O–H groups in total. The smallest absolute Gasteiger partial charge is 0.159 e. The Morgan fingerprint density at radius 2 is 1.68 bits per heavy atom. The number of hydrogen-bond donors (Lipinski definition) is 7. The van der Waals surface area contributed by atoms with Crippen LogP contribution >= 0.6 is 0 Å². The highest BCUT2D eigenvalue weighted by atomic mass is 16.5. The lowest BCUT2D eigenvalue weighted by molar-refractivity contribution is -0.703. The summed E-state index contributed by atoms with van der Waals surface area (Å²) >= 11 is 0. The summed E-state index contributed by atoms with van der Waals surface area (Å²) < 4.78 is 7.00. The van der Waals surface area contributed by atoms with Crippen LogP contribution < -0.4 is 11.1 Å². The van der Waals surface area contributed by atoms with Crippen molar-refractivity contribution in [2.75, 3.05) is 6.54 Å². The first kappa shape index (κ1) is 38.9. The SMILES string of the molecule is CCCC1CCC2OC3C(CCCCC3(O)C(C)(O)C3CCC4(O)C5=CC(=O)C6CC(O)C(O)CC6(CCC6CCC(N)[NH2+]C6)C5CCC34C)C2CC1. The van der Waals surface area contributed by atoms with Gasteiger partial charge < -0.3 is 35.6 Å². The fourth-order valence-corrected chi connectivity index (χ4v) is 15.1. The molecule has 17 atom stereocenters. The maximum atomic E-state index is 14.3. The van der Waals surface area contributed by atoms with Gasteiger partial charge in [0.1, 0.15) is 11.8 Å². The zero-order valence-corrected chi connectivity index (χ0v) is 33.1. The number of allylic oxidation sites excluding steroid dienone is 1. The summed E-state index contributed by atoms with van der Waals surface area (Å²) in [7, 11) is 0. The molecule has 8 aliphatic rings. The highest BCUT2D eigenvalue weighted by Crippen LogP contribution is 2.70. The highest BCUT2D eigenvalue weighted by molar-refractivity contribution is 5.95. The summed E-state index contributed by atoms with van der Waals surface area (Å²) in [4.78, 5) is 14.3. The summed E-state index contributed by atoms with van der Waals surface area (Å²) in [5.74, 6) is 0.993. The summed E-state index contributed by atoms with van der Waals surface area (Å²) in [6, 6.07) is 0. The van der Waals surface area contributed by atoms with E-state index in [9.17, 15) is 30.3 Å². The maximum absolute atomic E-state index is 14.3. The Kier molecular flexibility index (Phi) is 10.4. The van der Waals surface area contributed by atoms with Crippen LogP contribution in [-0.2, 0) is 9.53 Å². The van der Waals surface area contributed by atoms with Gasteiger partial charge in [0.15, 0.2) is 5.78 Å². The molecule has 0 aromatic rings. The van der Waals surface area contributed by atoms with Gasteiger partial charge in [-0.1, -0.05) is 46.0 Å². The van der Waals surface area contributed by atoms with E-state index in [0.29, 0.717) is 43.9 Å². The summed E-state index contributed by atoms with van der Waals surface area (Å²) in [5.41, 5.74) is 1.42. The number of nitrogens with two attached hydrogens (primary N) is 2. The molecule has 9 heteroatoms. The second-order valence-electron chi connectivity index (χ2n) is 20.5. The zero-order chi connectivity index (χ0) is 37.6. The first-order valence-electron chi connectivity index (χ1n) is 22.2. The van der Waals surface area contributed by atoms with E-state index in [1.165, 1.54) is 25.7 Å². The largest absolute Gasteiger partial charge is 0.390 e. The Morgan fingerprint density at radius 3 is 2.43 bits per heavy atom. The number of ketones is 1. The average Bonchev–Trinajstić information content (AvgIpc) is 3.46. The van der Waals surface area contributed by atoms with E-state index in [2.05, 4.69) is 19.2 Å². The Hall–Kier alpha value is -0.910. The van der Waals surface area contributed by atoms with Crippen molar-refractivity contribution in [3.63, 3.8) is 0 Å². The normalized spacial score (nSPS) is 52.5. The lowest BCUT2D eigenvalue weighted by atomic mass is 9.43. The summed E-state index contributed by atoms with van der Waals surface area (Å²) in [6.45, 7) is 7.20. The fraction of sp³-hybridized carbons (Fsp3) is 0.932. The van der Waals surface area contributed by atoms with Gasteiger partial charge in [-0.2, -0.15) is 0 Å². The van der Waals surface area contributed by atoms with Crippen LogP contribution in [0.15, 0.2) is 11.6 Å². The van der Waals surface area contributed by atoms with Crippen molar-refractivity contribution in [1.29, 1.82) is 0 Å². The molecule has 8 rings (SSSR count). The zero-order valence-electron chi connectivity index (χ0n) is 33.1. The second-order valence-corrected chi connectivity index (χ2v) is 20.5. The van der Waals surface area contributed by atoms with Crippen LogP contribution in [0.1, 0.15) is 149 Å². The van der Waals surface area contributed by atoms with E-state index in [1.54, 1.807) is 6.08 Å². The van der Waals surface area contributed by atoms with Gasteiger partial charge >= 0.3 is 0 Å². The van der Waals surface area contributed by atoms with Crippen LogP contribution in [0.5, 0.6) is 0 Å². The molecule has 0 aromatic heterocycles. The van der Waals surface area contributed by atoms with Gasteiger partial charge in [-0.25, -0.2) is 0 Å². The lowest BCUT2D eigenvalue weighted by Crippen LogP contribution is -2.95. The molecule has 2 aliphatic heterocycles. The number of rotatable bonds is 7. The lowest BCUT2D eigenvalue weighted by Gasteiger charge is -2.62. The molecule has 5 saturated carbocycles. The van der Waals surface area contributed by atoms with Gasteiger partial charge in [0.2, 0.25) is 0 Å². The molecule has 17 unspecified atom stereocenters. The van der Waals surface area contributed by atoms with Crippen LogP contribution in [0.25, 0.3) is 0 Å². The Labute approximate surface area is 318 Å². The summed E-state index contributed by atoms with van der Waals surface area (Å²) in [5, 5.41) is 63.7. The van der Waals surface area contributed by atoms with Crippen molar-refractivity contribution in [1.82, 2.24) is 0 Å². The minimum atomic E-state index is -1.51. The minimum Gasteiger partial charge on any atom is -0.390 e. The molecule has 2 heterocycles. The van der Waals surface area contributed by atoms with E-state index < -0.39 is 51.9 Å². The van der Waals surface area contributed by atoms with Gasteiger partial charge in [0, 0.05) is 23.7 Å². The molecule has 0 aromatic carbocycles. The molecule has 6 aliphatic carbocycles. The molecule has 0 spiro atoms. The van der Waals surface area contributed by atoms with Crippen LogP contribution in [0.4, 0.5) is 0 Å². The summed E-state index contributed by atoms with van der Waals surface area (Å²) in [6.07, 6.45) is 16.9. The second kappa shape index (κ2) is 14.2. The van der Waals surface area contributed by atoms with Crippen LogP contribution in [0, 0.1) is 52.3 Å². The number of aliphatic hydroxyl groups excluding tert-OH is 2. The minimum absolute atomic E-state index is 0.0309. The van der Waals surface area contributed by atoms with Crippen molar-refractivity contribution in [2.45, 2.75) is 197 Å². The topological polar surface area (TPSA) is 170 Å². The van der Waals surface area contributed by atoms with Crippen molar-refractivity contribution in [3.05, 3.63) is 11.6 Å². The molecular weight excluding hydrogens is 668 g/mol. The number of fused-ring (bicyclic) bond motifs is 8. The third-order valence-electron chi connectivity index (χ3n) is 18.1. The number of aliphatic hydroxyl groups is 5. The quantitative estimate of drug-likeness (QED) is 0.203. The molecule has 300 valence electrons. The van der Waals surface area contributed by atoms with Gasteiger partial charge in [0.05, 0.1) is 42.2 Å². The first-order valence-corrected chi connectivity index (χ1v) is 22.2. The molecule has 0 radical (unpaired) electrons. The predicted octanol–water partition coefficient (Wildman–Crippen LogP) is 4.26. The van der Waals surface area contributed by atoms with Gasteiger partial charge in [0.25, 0.3) is 0 Å². The van der Waals surface area contributed by atoms with E-state index in [4.69, 9.17) is 10.5 Å². The van der Waals surface area contributed by atoms with Crippen molar-refractivity contribution in [2.24, 2.45) is 58.0 Å². The monoisotopic (exact) mass is 742 g/mol. The fourth-order valence-electron chi connectivity index (χ4n) is 15.1. The number of carbonyl (C=O) groups excluding carboxylic acids is 1. The maximum Gasteiger partial charge on any atom is 0.159 e. The number of hydrogen-bond acceptors (Lipinski definition) is 8. The number of carbonyl (C=O) groups is 1. The van der Waals surface area contributed by atoms with Crippen LogP contribution in [0.2, 0.25) is 0 Å². The molecule has 9 nitrogen and oxygen atoms in total. The molecule has 2 saturated heterocycles. The predicted molar refractivity (Wildman–Crippen MR) is 202 cm³/mol. The van der Waals surface area contributed by atoms with Crippen molar-refractivity contribution < 1.29 is 40.4 Å². The van der Waals surface area contributed by atoms with E-state index in [1.807, 2.05) is 6.92 Å². The number of piperidine rings is 1. The molecule has 7 fully saturated rings. The Balaban J connectivity index is 1.09. The van der Waals surface area contributed by atoms with Gasteiger partial charge in [-0.15, -0.1) is 0 Å².